The number of non-ortho nitro benzene ring substituents is 1. The maximum atomic E-state index is 12.4. The van der Waals surface area contributed by atoms with Crippen LogP contribution in [0.4, 0.5) is 11.4 Å². The van der Waals surface area contributed by atoms with E-state index in [0.717, 1.165) is 25.0 Å². The van der Waals surface area contributed by atoms with Crippen molar-refractivity contribution in [2.45, 2.75) is 30.7 Å². The van der Waals surface area contributed by atoms with Crippen LogP contribution in [0.25, 0.3) is 0 Å². The third-order valence-electron chi connectivity index (χ3n) is 3.28. The molecule has 19 heavy (non-hydrogen) atoms. The zero-order valence-corrected chi connectivity index (χ0v) is 11.3. The number of benzene rings is 1. The number of hydrogen-bond acceptors (Lipinski definition) is 5. The Bertz CT molecular complexity index is 614. The molecule has 1 atom stereocenters. The first-order valence-electron chi connectivity index (χ1n) is 5.90. The molecular weight excluding hydrogens is 270 g/mol. The molecule has 1 aliphatic rings. The zero-order valence-electron chi connectivity index (χ0n) is 10.4. The topological polar surface area (TPSA) is 107 Å². The van der Waals surface area contributed by atoms with E-state index < -0.39 is 14.9 Å². The van der Waals surface area contributed by atoms with Crippen molar-refractivity contribution < 1.29 is 13.3 Å². The summed E-state index contributed by atoms with van der Waals surface area (Å²) in [5.41, 5.74) is 5.34. The van der Waals surface area contributed by atoms with Gasteiger partial charge in [-0.15, -0.1) is 0 Å². The van der Waals surface area contributed by atoms with Crippen molar-refractivity contribution in [3.8, 4) is 0 Å². The van der Waals surface area contributed by atoms with Gasteiger partial charge in [0.1, 0.15) is 4.90 Å². The minimum Gasteiger partial charge on any atom is -0.397 e. The number of nitro benzene ring substituents is 1. The molecule has 0 spiro atoms. The van der Waals surface area contributed by atoms with E-state index >= 15 is 0 Å². The molecule has 1 unspecified atom stereocenters. The van der Waals surface area contributed by atoms with Gasteiger partial charge >= 0.3 is 0 Å². The van der Waals surface area contributed by atoms with Gasteiger partial charge in [0.25, 0.3) is 5.69 Å². The van der Waals surface area contributed by atoms with Gasteiger partial charge in [-0.05, 0) is 25.8 Å². The third kappa shape index (κ3) is 2.41. The van der Waals surface area contributed by atoms with Crippen LogP contribution in [0, 0.1) is 10.1 Å². The van der Waals surface area contributed by atoms with E-state index in [2.05, 4.69) is 0 Å². The average molecular weight is 285 g/mol. The lowest BCUT2D eigenvalue weighted by molar-refractivity contribution is -0.384. The van der Waals surface area contributed by atoms with E-state index in [4.69, 9.17) is 5.73 Å². The lowest BCUT2D eigenvalue weighted by Crippen LogP contribution is -2.34. The number of nitrogen functional groups attached to an aromatic ring is 1. The highest BCUT2D eigenvalue weighted by Gasteiger charge is 2.34. The van der Waals surface area contributed by atoms with Gasteiger partial charge < -0.3 is 5.73 Å². The lowest BCUT2D eigenvalue weighted by Gasteiger charge is -2.21. The number of sulfonamides is 1. The summed E-state index contributed by atoms with van der Waals surface area (Å²) < 4.78 is 26.2. The van der Waals surface area contributed by atoms with Crippen molar-refractivity contribution in [2.75, 3.05) is 12.3 Å². The molecule has 104 valence electrons. The molecule has 1 heterocycles. The largest absolute Gasteiger partial charge is 0.397 e. The molecule has 0 aliphatic carbocycles. The molecule has 1 saturated heterocycles. The molecule has 7 nitrogen and oxygen atoms in total. The quantitative estimate of drug-likeness (QED) is 0.512. The van der Waals surface area contributed by atoms with E-state index in [1.807, 2.05) is 6.92 Å². The van der Waals surface area contributed by atoms with Gasteiger partial charge in [0.2, 0.25) is 10.0 Å². The normalized spacial score (nSPS) is 20.6. The summed E-state index contributed by atoms with van der Waals surface area (Å²) in [6, 6.07) is 3.37. The standard InChI is InChI=1S/C11H15N3O4S/c1-8-3-2-6-13(8)19(17,18)11-5-4-9(14(15)16)7-10(11)12/h4-5,7-8H,2-3,6,12H2,1H3. The summed E-state index contributed by atoms with van der Waals surface area (Å²) in [7, 11) is -3.68. The minimum atomic E-state index is -3.68. The van der Waals surface area contributed by atoms with Gasteiger partial charge in [-0.25, -0.2) is 8.42 Å². The van der Waals surface area contributed by atoms with Crippen LogP contribution in [0.15, 0.2) is 23.1 Å². The highest BCUT2D eigenvalue weighted by molar-refractivity contribution is 7.89. The fourth-order valence-corrected chi connectivity index (χ4v) is 4.07. The van der Waals surface area contributed by atoms with Crippen LogP contribution in [-0.2, 0) is 10.0 Å². The summed E-state index contributed by atoms with van der Waals surface area (Å²) in [4.78, 5) is 9.94. The van der Waals surface area contributed by atoms with Crippen LogP contribution < -0.4 is 5.73 Å². The van der Waals surface area contributed by atoms with Crippen LogP contribution in [0.1, 0.15) is 19.8 Å². The third-order valence-corrected chi connectivity index (χ3v) is 5.37. The predicted molar refractivity (Wildman–Crippen MR) is 70.1 cm³/mol. The van der Waals surface area contributed by atoms with Gasteiger partial charge in [0.15, 0.2) is 0 Å². The van der Waals surface area contributed by atoms with E-state index in [0.29, 0.717) is 6.54 Å². The van der Waals surface area contributed by atoms with E-state index in [9.17, 15) is 18.5 Å². The molecule has 1 aromatic carbocycles. The maximum Gasteiger partial charge on any atom is 0.271 e. The fraction of sp³-hybridized carbons (Fsp3) is 0.455. The average Bonchev–Trinajstić information content (AvgIpc) is 2.75. The molecule has 0 amide bonds. The van der Waals surface area contributed by atoms with Crippen LogP contribution >= 0.6 is 0 Å². The van der Waals surface area contributed by atoms with E-state index in [-0.39, 0.29) is 22.3 Å². The Labute approximate surface area is 111 Å². The second kappa shape index (κ2) is 4.78. The molecule has 8 heteroatoms. The first kappa shape index (κ1) is 13.8. The summed E-state index contributed by atoms with van der Waals surface area (Å²) in [6.45, 7) is 2.30. The first-order chi connectivity index (χ1) is 8.84. The molecule has 0 radical (unpaired) electrons. The summed E-state index contributed by atoms with van der Waals surface area (Å²) in [5, 5.41) is 10.6. The van der Waals surface area contributed by atoms with Gasteiger partial charge in [-0.1, -0.05) is 0 Å². The fourth-order valence-electron chi connectivity index (χ4n) is 2.27. The number of nitrogens with zero attached hydrogens (tertiary/aromatic N) is 2. The van der Waals surface area contributed by atoms with Crippen LogP contribution in [0.2, 0.25) is 0 Å². The van der Waals surface area contributed by atoms with Gasteiger partial charge in [0.05, 0.1) is 10.6 Å². The van der Waals surface area contributed by atoms with Crippen molar-refractivity contribution in [3.63, 3.8) is 0 Å². The number of rotatable bonds is 3. The molecule has 1 aliphatic heterocycles. The molecule has 0 saturated carbocycles. The maximum absolute atomic E-state index is 12.4. The monoisotopic (exact) mass is 285 g/mol. The Hall–Kier alpha value is -1.67. The lowest BCUT2D eigenvalue weighted by atomic mass is 10.3. The van der Waals surface area contributed by atoms with Gasteiger partial charge in [-0.3, -0.25) is 10.1 Å². The Kier molecular flexibility index (Phi) is 3.46. The Morgan fingerprint density at radius 2 is 2.16 bits per heavy atom. The van der Waals surface area contributed by atoms with Gasteiger partial charge in [-0.2, -0.15) is 4.31 Å². The summed E-state index contributed by atoms with van der Waals surface area (Å²) in [5.74, 6) is 0. The molecular formula is C11H15N3O4S. The second-order valence-electron chi connectivity index (χ2n) is 4.59. The Morgan fingerprint density at radius 3 is 2.63 bits per heavy atom. The molecule has 1 aromatic rings. The smallest absolute Gasteiger partial charge is 0.271 e. The molecule has 2 N–H and O–H groups in total. The second-order valence-corrected chi connectivity index (χ2v) is 6.45. The Morgan fingerprint density at radius 1 is 1.47 bits per heavy atom. The van der Waals surface area contributed by atoms with Crippen molar-refractivity contribution in [1.29, 1.82) is 0 Å². The molecule has 1 fully saturated rings. The van der Waals surface area contributed by atoms with Crippen molar-refractivity contribution in [3.05, 3.63) is 28.3 Å². The van der Waals surface area contributed by atoms with Crippen LogP contribution in [0.5, 0.6) is 0 Å². The SMILES string of the molecule is CC1CCCN1S(=O)(=O)c1ccc([N+](=O)[O-])cc1N. The minimum absolute atomic E-state index is 0.0631. The number of nitro groups is 1. The van der Waals surface area contributed by atoms with Crippen LogP contribution in [-0.4, -0.2) is 30.2 Å². The van der Waals surface area contributed by atoms with Gasteiger partial charge in [0, 0.05) is 24.7 Å². The van der Waals surface area contributed by atoms with Crippen molar-refractivity contribution in [1.82, 2.24) is 4.31 Å². The summed E-state index contributed by atoms with van der Waals surface area (Å²) in [6.07, 6.45) is 1.62. The van der Waals surface area contributed by atoms with Crippen molar-refractivity contribution in [2.24, 2.45) is 0 Å². The zero-order chi connectivity index (χ0) is 14.2. The number of hydrogen-bond donors (Lipinski definition) is 1. The highest BCUT2D eigenvalue weighted by atomic mass is 32.2. The summed E-state index contributed by atoms with van der Waals surface area (Å²) >= 11 is 0. The van der Waals surface area contributed by atoms with Crippen molar-refractivity contribution >= 4 is 21.4 Å². The highest BCUT2D eigenvalue weighted by Crippen LogP contribution is 2.30. The Balaban J connectivity index is 2.44. The van der Waals surface area contributed by atoms with E-state index in [1.165, 1.54) is 10.4 Å². The predicted octanol–water partition coefficient (Wildman–Crippen LogP) is 1.35. The first-order valence-corrected chi connectivity index (χ1v) is 7.34. The number of nitrogens with two attached hydrogens (primary N) is 1. The number of anilines is 1. The molecule has 0 bridgehead atoms. The molecule has 2 rings (SSSR count). The molecule has 0 aromatic heterocycles. The van der Waals surface area contributed by atoms with Crippen LogP contribution in [0.3, 0.4) is 0 Å². The van der Waals surface area contributed by atoms with E-state index in [1.54, 1.807) is 0 Å².